The van der Waals surface area contributed by atoms with Crippen LogP contribution in [0.15, 0.2) is 12.3 Å². The number of hydrogen-bond acceptors (Lipinski definition) is 4. The van der Waals surface area contributed by atoms with E-state index in [1.165, 1.54) is 7.11 Å². The Hall–Kier alpha value is -1.52. The molecule has 72 valence electrons. The second kappa shape index (κ2) is 3.93. The first-order valence-corrected chi connectivity index (χ1v) is 3.97. The molecule has 0 radical (unpaired) electrons. The SMILES string of the molecule is COC(=O)C(C)Nc1ccn(C)n1. The third-order valence-corrected chi connectivity index (χ3v) is 1.63. The average molecular weight is 183 g/mol. The number of carbonyl (C=O) groups is 1. The fourth-order valence-electron chi connectivity index (χ4n) is 0.950. The maximum absolute atomic E-state index is 11.0. The molecule has 1 rings (SSSR count). The van der Waals surface area contributed by atoms with Gasteiger partial charge in [0.15, 0.2) is 0 Å². The zero-order valence-corrected chi connectivity index (χ0v) is 7.94. The number of hydrogen-bond donors (Lipinski definition) is 1. The molecule has 5 nitrogen and oxygen atoms in total. The van der Waals surface area contributed by atoms with E-state index in [0.717, 1.165) is 0 Å². The number of aryl methyl sites for hydroxylation is 1. The summed E-state index contributed by atoms with van der Waals surface area (Å²) in [7, 11) is 3.17. The van der Waals surface area contributed by atoms with Crippen molar-refractivity contribution >= 4 is 11.8 Å². The fraction of sp³-hybridized carbons (Fsp3) is 0.500. The number of carbonyl (C=O) groups excluding carboxylic acids is 1. The van der Waals surface area contributed by atoms with Crippen molar-refractivity contribution in [2.24, 2.45) is 7.05 Å². The fourth-order valence-corrected chi connectivity index (χ4v) is 0.950. The Morgan fingerprint density at radius 2 is 2.46 bits per heavy atom. The summed E-state index contributed by atoms with van der Waals surface area (Å²) in [5.41, 5.74) is 0. The van der Waals surface area contributed by atoms with Gasteiger partial charge in [0, 0.05) is 19.3 Å². The van der Waals surface area contributed by atoms with Crippen LogP contribution in [0.5, 0.6) is 0 Å². The van der Waals surface area contributed by atoms with Gasteiger partial charge in [-0.25, -0.2) is 4.79 Å². The van der Waals surface area contributed by atoms with Gasteiger partial charge in [0.2, 0.25) is 0 Å². The van der Waals surface area contributed by atoms with E-state index in [-0.39, 0.29) is 12.0 Å². The highest BCUT2D eigenvalue weighted by Crippen LogP contribution is 2.03. The number of methoxy groups -OCH3 is 1. The molecule has 0 amide bonds. The van der Waals surface area contributed by atoms with Crippen LogP contribution in [0.1, 0.15) is 6.92 Å². The second-order valence-corrected chi connectivity index (χ2v) is 2.76. The van der Waals surface area contributed by atoms with E-state index < -0.39 is 0 Å². The largest absolute Gasteiger partial charge is 0.467 e. The van der Waals surface area contributed by atoms with Gasteiger partial charge in [0.05, 0.1) is 7.11 Å². The molecule has 1 N–H and O–H groups in total. The summed E-state index contributed by atoms with van der Waals surface area (Å²) in [5.74, 6) is 0.367. The monoisotopic (exact) mass is 183 g/mol. The molecule has 0 aliphatic rings. The van der Waals surface area contributed by atoms with Crippen LogP contribution in [-0.4, -0.2) is 28.9 Å². The number of anilines is 1. The zero-order chi connectivity index (χ0) is 9.84. The van der Waals surface area contributed by atoms with Crippen LogP contribution in [0.2, 0.25) is 0 Å². The molecular weight excluding hydrogens is 170 g/mol. The lowest BCUT2D eigenvalue weighted by Gasteiger charge is -2.09. The number of nitrogens with one attached hydrogen (secondary N) is 1. The van der Waals surface area contributed by atoms with E-state index in [9.17, 15) is 4.79 Å². The molecular formula is C8H13N3O2. The topological polar surface area (TPSA) is 56.1 Å². The molecule has 13 heavy (non-hydrogen) atoms. The van der Waals surface area contributed by atoms with Crippen molar-refractivity contribution in [3.8, 4) is 0 Å². The molecule has 1 unspecified atom stereocenters. The molecule has 0 fully saturated rings. The van der Waals surface area contributed by atoms with E-state index in [1.807, 2.05) is 7.05 Å². The Morgan fingerprint density at radius 3 is 2.92 bits per heavy atom. The van der Waals surface area contributed by atoms with Crippen LogP contribution in [0.4, 0.5) is 5.82 Å². The van der Waals surface area contributed by atoms with E-state index in [0.29, 0.717) is 5.82 Å². The standard InChI is InChI=1S/C8H13N3O2/c1-6(8(12)13-3)9-7-4-5-11(2)10-7/h4-6H,1-3H3,(H,9,10). The van der Waals surface area contributed by atoms with Crippen LogP contribution in [-0.2, 0) is 16.6 Å². The maximum atomic E-state index is 11.0. The first-order chi connectivity index (χ1) is 6.13. The van der Waals surface area contributed by atoms with Crippen molar-refractivity contribution in [1.29, 1.82) is 0 Å². The molecule has 0 saturated carbocycles. The quantitative estimate of drug-likeness (QED) is 0.689. The Labute approximate surface area is 76.7 Å². The van der Waals surface area contributed by atoms with Crippen molar-refractivity contribution in [2.45, 2.75) is 13.0 Å². The number of nitrogens with zero attached hydrogens (tertiary/aromatic N) is 2. The molecule has 0 bridgehead atoms. The third kappa shape index (κ3) is 2.47. The number of rotatable bonds is 3. The summed E-state index contributed by atoms with van der Waals surface area (Å²) in [6.07, 6.45) is 1.80. The highest BCUT2D eigenvalue weighted by molar-refractivity contribution is 5.78. The third-order valence-electron chi connectivity index (χ3n) is 1.63. The van der Waals surface area contributed by atoms with Gasteiger partial charge in [-0.1, -0.05) is 0 Å². The Morgan fingerprint density at radius 1 is 1.77 bits per heavy atom. The van der Waals surface area contributed by atoms with Crippen molar-refractivity contribution in [2.75, 3.05) is 12.4 Å². The zero-order valence-electron chi connectivity index (χ0n) is 7.94. The van der Waals surface area contributed by atoms with Gasteiger partial charge in [-0.2, -0.15) is 5.10 Å². The number of esters is 1. The van der Waals surface area contributed by atoms with Crippen LogP contribution in [0, 0.1) is 0 Å². The average Bonchev–Trinajstić information content (AvgIpc) is 2.49. The summed E-state index contributed by atoms with van der Waals surface area (Å²) in [4.78, 5) is 11.0. The highest BCUT2D eigenvalue weighted by atomic mass is 16.5. The van der Waals surface area contributed by atoms with Crippen LogP contribution >= 0.6 is 0 Å². The van der Waals surface area contributed by atoms with Gasteiger partial charge in [0.25, 0.3) is 0 Å². The van der Waals surface area contributed by atoms with E-state index in [2.05, 4.69) is 15.2 Å². The number of aromatic nitrogens is 2. The van der Waals surface area contributed by atoms with Gasteiger partial charge in [0.1, 0.15) is 11.9 Å². The molecule has 1 aromatic rings. The smallest absolute Gasteiger partial charge is 0.328 e. The van der Waals surface area contributed by atoms with Gasteiger partial charge in [-0.3, -0.25) is 4.68 Å². The molecule has 0 spiro atoms. The highest BCUT2D eigenvalue weighted by Gasteiger charge is 2.12. The van der Waals surface area contributed by atoms with Gasteiger partial charge in [-0.15, -0.1) is 0 Å². The molecule has 0 aliphatic carbocycles. The summed E-state index contributed by atoms with van der Waals surface area (Å²) < 4.78 is 6.21. The van der Waals surface area contributed by atoms with Crippen molar-refractivity contribution in [3.63, 3.8) is 0 Å². The summed E-state index contributed by atoms with van der Waals surface area (Å²) >= 11 is 0. The van der Waals surface area contributed by atoms with E-state index in [1.54, 1.807) is 23.9 Å². The van der Waals surface area contributed by atoms with Crippen molar-refractivity contribution in [3.05, 3.63) is 12.3 Å². The summed E-state index contributed by atoms with van der Waals surface area (Å²) in [5, 5.41) is 6.97. The van der Waals surface area contributed by atoms with Crippen LogP contribution in [0.25, 0.3) is 0 Å². The van der Waals surface area contributed by atoms with E-state index >= 15 is 0 Å². The minimum Gasteiger partial charge on any atom is -0.467 e. The van der Waals surface area contributed by atoms with Crippen molar-refractivity contribution < 1.29 is 9.53 Å². The lowest BCUT2D eigenvalue weighted by atomic mass is 10.3. The molecule has 1 heterocycles. The van der Waals surface area contributed by atoms with Crippen molar-refractivity contribution in [1.82, 2.24) is 9.78 Å². The van der Waals surface area contributed by atoms with Gasteiger partial charge >= 0.3 is 5.97 Å². The Kier molecular flexibility index (Phi) is 2.89. The van der Waals surface area contributed by atoms with Crippen LogP contribution < -0.4 is 5.32 Å². The predicted octanol–water partition coefficient (Wildman–Crippen LogP) is 0.393. The molecule has 0 saturated heterocycles. The second-order valence-electron chi connectivity index (χ2n) is 2.76. The summed E-state index contributed by atoms with van der Waals surface area (Å²) in [6, 6.07) is 1.42. The molecule has 5 heteroatoms. The molecule has 0 aliphatic heterocycles. The predicted molar refractivity (Wildman–Crippen MR) is 48.3 cm³/mol. The lowest BCUT2D eigenvalue weighted by Crippen LogP contribution is -2.27. The molecule has 1 atom stereocenters. The van der Waals surface area contributed by atoms with Gasteiger partial charge in [-0.05, 0) is 6.92 Å². The van der Waals surface area contributed by atoms with E-state index in [4.69, 9.17) is 0 Å². The Bertz CT molecular complexity index is 295. The normalized spacial score (nSPS) is 12.2. The minimum atomic E-state index is -0.375. The van der Waals surface area contributed by atoms with Crippen LogP contribution in [0.3, 0.4) is 0 Å². The first kappa shape index (κ1) is 9.57. The Balaban J connectivity index is 2.54. The minimum absolute atomic E-state index is 0.300. The molecule has 1 aromatic heterocycles. The summed E-state index contributed by atoms with van der Waals surface area (Å²) in [6.45, 7) is 1.72. The molecule has 0 aromatic carbocycles. The first-order valence-electron chi connectivity index (χ1n) is 3.97. The van der Waals surface area contributed by atoms with Gasteiger partial charge < -0.3 is 10.1 Å². The lowest BCUT2D eigenvalue weighted by molar-refractivity contribution is -0.141. The number of ether oxygens (including phenoxy) is 1. The maximum Gasteiger partial charge on any atom is 0.328 e.